The van der Waals surface area contributed by atoms with Crippen LogP contribution in [0.1, 0.15) is 45.0 Å². The van der Waals surface area contributed by atoms with Crippen molar-refractivity contribution in [1.29, 1.82) is 0 Å². The Bertz CT molecular complexity index is 202. The van der Waals surface area contributed by atoms with Gasteiger partial charge in [0.15, 0.2) is 5.78 Å². The molecule has 0 unspecified atom stereocenters. The van der Waals surface area contributed by atoms with Crippen molar-refractivity contribution >= 4 is 5.78 Å². The maximum Gasteiger partial charge on any atom is 0.160 e. The minimum atomic E-state index is 0.0697. The summed E-state index contributed by atoms with van der Waals surface area (Å²) in [6.07, 6.45) is 0. The van der Waals surface area contributed by atoms with Crippen LogP contribution in [-0.4, -0.2) is 5.78 Å². The zero-order chi connectivity index (χ0) is 10.7. The van der Waals surface area contributed by atoms with E-state index in [0.717, 1.165) is 0 Å². The number of hydrogen-bond donors (Lipinski definition) is 0. The monoisotopic (exact) mass is 178 g/mol. The summed E-state index contributed by atoms with van der Waals surface area (Å²) in [5.74, 6) is 0.0697. The van der Waals surface area contributed by atoms with Crippen molar-refractivity contribution in [1.82, 2.24) is 0 Å². The molecule has 1 nitrogen and oxygen atoms in total. The van der Waals surface area contributed by atoms with Gasteiger partial charge in [-0.1, -0.05) is 39.8 Å². The predicted octanol–water partition coefficient (Wildman–Crippen LogP) is 3.54. The van der Waals surface area contributed by atoms with E-state index in [1.54, 1.807) is 18.2 Å². The van der Waals surface area contributed by atoms with Crippen molar-refractivity contribution in [2.75, 3.05) is 0 Å². The lowest BCUT2D eigenvalue weighted by atomic mass is 10.2. The molecule has 0 saturated carbocycles. The molecule has 0 heterocycles. The van der Waals surface area contributed by atoms with Gasteiger partial charge >= 0.3 is 0 Å². The van der Waals surface area contributed by atoms with Crippen molar-refractivity contribution in [3.8, 4) is 0 Å². The molecule has 0 aliphatic rings. The van der Waals surface area contributed by atoms with E-state index in [4.69, 9.17) is 0 Å². The third-order valence-electron chi connectivity index (χ3n) is 1.06. The fourth-order valence-electron chi connectivity index (χ4n) is 0.566. The smallest absolute Gasteiger partial charge is 0.160 e. The largest absolute Gasteiger partial charge is 0.294 e. The van der Waals surface area contributed by atoms with Gasteiger partial charge in [-0.15, -0.1) is 0 Å². The van der Waals surface area contributed by atoms with E-state index in [9.17, 15) is 4.79 Å². The van der Waals surface area contributed by atoms with E-state index in [1.807, 2.05) is 27.7 Å². The van der Waals surface area contributed by atoms with Gasteiger partial charge < -0.3 is 0 Å². The molecule has 0 spiro atoms. The summed E-state index contributed by atoms with van der Waals surface area (Å²) in [6.45, 7) is 9.53. The molecule has 0 N–H and O–H groups in total. The van der Waals surface area contributed by atoms with Crippen LogP contribution in [0.4, 0.5) is 0 Å². The van der Waals surface area contributed by atoms with Crippen LogP contribution in [0.25, 0.3) is 0 Å². The van der Waals surface area contributed by atoms with Gasteiger partial charge in [-0.3, -0.25) is 4.79 Å². The Hall–Kier alpha value is -1.29. The van der Waals surface area contributed by atoms with Gasteiger partial charge in [0.25, 0.3) is 0 Å². The number of carbonyl (C=O) groups excluding carboxylic acids is 1. The van der Waals surface area contributed by atoms with Crippen LogP contribution in [0.5, 0.6) is 0 Å². The summed E-state index contributed by atoms with van der Waals surface area (Å²) >= 11 is 0. The maximum atomic E-state index is 10.6. The van der Waals surface area contributed by atoms with Crippen molar-refractivity contribution in [2.24, 2.45) is 0 Å². The second-order valence-corrected chi connectivity index (χ2v) is 1.78. The molecule has 0 aliphatic heterocycles. The summed E-state index contributed by atoms with van der Waals surface area (Å²) in [5, 5.41) is 0. The summed E-state index contributed by atoms with van der Waals surface area (Å²) in [5.41, 5.74) is 0.689. The molecule has 1 rings (SSSR count). The summed E-state index contributed by atoms with van der Waals surface area (Å²) in [6, 6.07) is 10.4. The van der Waals surface area contributed by atoms with Crippen LogP contribution < -0.4 is 0 Å². The first kappa shape index (κ1) is 14.2. The van der Waals surface area contributed by atoms with Gasteiger partial charge in [0.05, 0.1) is 0 Å². The lowest BCUT2D eigenvalue weighted by molar-refractivity contribution is 0.101. The predicted molar refractivity (Wildman–Crippen MR) is 56.8 cm³/mol. The molecule has 0 bridgehead atoms. The highest BCUT2D eigenvalue weighted by atomic mass is 16.1. The van der Waals surface area contributed by atoms with Crippen LogP contribution >= 0.6 is 0 Å². The fourth-order valence-corrected chi connectivity index (χ4v) is 0.566. The van der Waals surface area contributed by atoms with E-state index in [2.05, 4.69) is 12.1 Å². The zero-order valence-corrected chi connectivity index (χ0v) is 9.14. The van der Waals surface area contributed by atoms with E-state index >= 15 is 0 Å². The molecule has 13 heavy (non-hydrogen) atoms. The summed E-state index contributed by atoms with van der Waals surface area (Å²) < 4.78 is 0. The van der Waals surface area contributed by atoms with Crippen LogP contribution in [0.2, 0.25) is 0 Å². The molecule has 0 aliphatic carbocycles. The molecular formula is C12H18O. The Labute approximate surface area is 81.8 Å². The first-order chi connectivity index (χ1) is 6.30. The molecule has 0 radical (unpaired) electrons. The van der Waals surface area contributed by atoms with Crippen LogP contribution in [0.15, 0.2) is 18.2 Å². The Morgan fingerprint density at radius 2 is 1.69 bits per heavy atom. The lowest BCUT2D eigenvalue weighted by Gasteiger charge is -1.86. The molecule has 0 fully saturated rings. The van der Waals surface area contributed by atoms with Gasteiger partial charge in [-0.2, -0.15) is 0 Å². The minimum absolute atomic E-state index is 0.0697. The minimum Gasteiger partial charge on any atom is -0.294 e. The quantitative estimate of drug-likeness (QED) is 0.601. The van der Waals surface area contributed by atoms with E-state index in [-0.39, 0.29) is 5.78 Å². The zero-order valence-electron chi connectivity index (χ0n) is 9.14. The van der Waals surface area contributed by atoms with Gasteiger partial charge in [-0.25, -0.2) is 0 Å². The Morgan fingerprint density at radius 3 is 1.92 bits per heavy atom. The lowest BCUT2D eigenvalue weighted by Crippen LogP contribution is -1.88. The first-order valence-electron chi connectivity index (χ1n) is 4.69. The van der Waals surface area contributed by atoms with Gasteiger partial charge in [0.2, 0.25) is 0 Å². The molecule has 0 aromatic heterocycles. The molecule has 1 aromatic rings. The highest BCUT2D eigenvalue weighted by molar-refractivity contribution is 5.93. The van der Waals surface area contributed by atoms with Crippen LogP contribution in [0.3, 0.4) is 0 Å². The molecular weight excluding hydrogens is 160 g/mol. The van der Waals surface area contributed by atoms with Crippen LogP contribution in [0, 0.1) is 12.1 Å². The maximum absolute atomic E-state index is 10.6. The Morgan fingerprint density at radius 1 is 1.15 bits per heavy atom. The molecule has 0 saturated heterocycles. The van der Waals surface area contributed by atoms with E-state index in [1.165, 1.54) is 6.92 Å². The van der Waals surface area contributed by atoms with Crippen molar-refractivity contribution in [2.45, 2.75) is 34.6 Å². The SMILES string of the molecule is CC.CC.CC(=O)c1cc#ccc1. The average Bonchev–Trinajstić information content (AvgIpc) is 2.25. The second-order valence-electron chi connectivity index (χ2n) is 1.78. The number of rotatable bonds is 1. The fraction of sp³-hybridized carbons (Fsp3) is 0.417. The van der Waals surface area contributed by atoms with Crippen LogP contribution in [-0.2, 0) is 0 Å². The van der Waals surface area contributed by atoms with E-state index in [0.29, 0.717) is 5.56 Å². The molecule has 72 valence electrons. The molecule has 1 aromatic carbocycles. The van der Waals surface area contributed by atoms with Gasteiger partial charge in [-0.05, 0) is 25.1 Å². The third-order valence-corrected chi connectivity index (χ3v) is 1.06. The van der Waals surface area contributed by atoms with E-state index < -0.39 is 0 Å². The first-order valence-corrected chi connectivity index (χ1v) is 4.69. The van der Waals surface area contributed by atoms with Gasteiger partial charge in [0, 0.05) is 5.56 Å². The standard InChI is InChI=1S/C8H6O.2C2H6/c1-7(9)8-5-3-2-4-6-8;2*1-2/h3,5-6H,1H3;2*1-2H3. The highest BCUT2D eigenvalue weighted by Crippen LogP contribution is 1.94. The number of ketones is 1. The Balaban J connectivity index is 0. The highest BCUT2D eigenvalue weighted by Gasteiger charge is 1.92. The number of Topliss-reactive ketones (excluding diaryl/α,β-unsaturated/α-hetero) is 1. The topological polar surface area (TPSA) is 17.1 Å². The summed E-state index contributed by atoms with van der Waals surface area (Å²) in [4.78, 5) is 10.6. The molecule has 1 heteroatoms. The van der Waals surface area contributed by atoms with Crippen molar-refractivity contribution < 1.29 is 4.79 Å². The molecule has 0 atom stereocenters. The summed E-state index contributed by atoms with van der Waals surface area (Å²) in [7, 11) is 0. The number of carbonyl (C=O) groups is 1. The normalized spacial score (nSPS) is 6.54. The molecule has 0 amide bonds. The third kappa shape index (κ3) is 7.08. The average molecular weight is 178 g/mol. The van der Waals surface area contributed by atoms with Crippen molar-refractivity contribution in [3.63, 3.8) is 0 Å². The Kier molecular flexibility index (Phi) is 11.7. The van der Waals surface area contributed by atoms with Gasteiger partial charge in [0.1, 0.15) is 0 Å². The second kappa shape index (κ2) is 10.7. The number of hydrogen-bond acceptors (Lipinski definition) is 1. The van der Waals surface area contributed by atoms with Crippen molar-refractivity contribution in [3.05, 3.63) is 35.9 Å².